The SMILES string of the molecule is CCCCNc1nc(N)nc2cnn(Cc3ccc(CN4CC5(CCNC5)C4)cc3OC)c12. The smallest absolute Gasteiger partial charge is 0.222 e. The van der Waals surface area contributed by atoms with Gasteiger partial charge in [-0.2, -0.15) is 10.1 Å². The van der Waals surface area contributed by atoms with E-state index in [9.17, 15) is 0 Å². The predicted octanol–water partition coefficient (Wildman–Crippen LogP) is 2.47. The molecular weight excluding hydrogens is 416 g/mol. The van der Waals surface area contributed by atoms with Crippen molar-refractivity contribution in [2.24, 2.45) is 5.41 Å². The fourth-order valence-electron chi connectivity index (χ4n) is 5.16. The van der Waals surface area contributed by atoms with Gasteiger partial charge in [-0.3, -0.25) is 9.58 Å². The molecule has 3 aromatic rings. The van der Waals surface area contributed by atoms with Crippen LogP contribution in [0.1, 0.15) is 37.3 Å². The molecule has 4 N–H and O–H groups in total. The van der Waals surface area contributed by atoms with Crippen molar-refractivity contribution in [3.8, 4) is 5.75 Å². The van der Waals surface area contributed by atoms with Crippen LogP contribution in [-0.2, 0) is 13.1 Å². The van der Waals surface area contributed by atoms with Crippen molar-refractivity contribution in [2.45, 2.75) is 39.3 Å². The Balaban J connectivity index is 1.33. The molecule has 2 saturated heterocycles. The maximum Gasteiger partial charge on any atom is 0.222 e. The van der Waals surface area contributed by atoms with Gasteiger partial charge in [0, 0.05) is 43.7 Å². The zero-order valence-electron chi connectivity index (χ0n) is 19.6. The molecule has 33 heavy (non-hydrogen) atoms. The summed E-state index contributed by atoms with van der Waals surface area (Å²) in [7, 11) is 1.73. The Morgan fingerprint density at radius 1 is 1.24 bits per heavy atom. The Kier molecular flexibility index (Phi) is 6.07. The van der Waals surface area contributed by atoms with Crippen molar-refractivity contribution in [3.63, 3.8) is 0 Å². The lowest BCUT2D eigenvalue weighted by Crippen LogP contribution is -2.56. The molecule has 0 amide bonds. The highest BCUT2D eigenvalue weighted by Gasteiger charge is 2.44. The maximum absolute atomic E-state index is 5.92. The number of likely N-dealkylation sites (tertiary alicyclic amines) is 1. The standard InChI is InChI=1S/C24H34N8O/c1-3-4-8-27-22-21-19(29-23(25)30-22)11-28-32(21)13-18-6-5-17(10-20(18)33-2)12-31-15-24(16-31)7-9-26-14-24/h5-6,10-11,26H,3-4,7-9,12-16H2,1-2H3,(H3,25,27,29,30). The molecular formula is C24H34N8O. The second-order valence-electron chi connectivity index (χ2n) is 9.46. The number of nitrogens with one attached hydrogen (secondary N) is 2. The van der Waals surface area contributed by atoms with E-state index in [0.717, 1.165) is 67.2 Å². The molecule has 5 rings (SSSR count). The van der Waals surface area contributed by atoms with Gasteiger partial charge in [0.25, 0.3) is 0 Å². The predicted molar refractivity (Wildman–Crippen MR) is 130 cm³/mol. The van der Waals surface area contributed by atoms with Gasteiger partial charge in [-0.15, -0.1) is 0 Å². The van der Waals surface area contributed by atoms with Crippen LogP contribution in [0, 0.1) is 5.41 Å². The summed E-state index contributed by atoms with van der Waals surface area (Å²) in [5.41, 5.74) is 10.4. The van der Waals surface area contributed by atoms with Crippen LogP contribution >= 0.6 is 0 Å². The summed E-state index contributed by atoms with van der Waals surface area (Å²) in [6.07, 6.45) is 5.21. The van der Waals surface area contributed by atoms with Crippen LogP contribution in [0.3, 0.4) is 0 Å². The van der Waals surface area contributed by atoms with Crippen LogP contribution in [0.15, 0.2) is 24.4 Å². The first-order valence-corrected chi connectivity index (χ1v) is 11.9. The number of nitrogens with two attached hydrogens (primary N) is 1. The van der Waals surface area contributed by atoms with E-state index in [1.165, 1.54) is 25.1 Å². The molecule has 2 aliphatic heterocycles. The van der Waals surface area contributed by atoms with Crippen LogP contribution in [-0.4, -0.2) is 64.5 Å². The van der Waals surface area contributed by atoms with Crippen LogP contribution in [0.4, 0.5) is 11.8 Å². The zero-order valence-corrected chi connectivity index (χ0v) is 19.6. The molecule has 0 unspecified atom stereocenters. The number of ether oxygens (including phenoxy) is 1. The summed E-state index contributed by atoms with van der Waals surface area (Å²) in [6.45, 7) is 9.21. The minimum absolute atomic E-state index is 0.254. The largest absolute Gasteiger partial charge is 0.496 e. The number of fused-ring (bicyclic) bond motifs is 1. The molecule has 0 bridgehead atoms. The normalized spacial score (nSPS) is 17.5. The van der Waals surface area contributed by atoms with Crippen molar-refractivity contribution in [3.05, 3.63) is 35.5 Å². The van der Waals surface area contributed by atoms with Gasteiger partial charge in [0.1, 0.15) is 16.8 Å². The van der Waals surface area contributed by atoms with Crippen LogP contribution < -0.4 is 21.1 Å². The molecule has 0 radical (unpaired) electrons. The Labute approximate surface area is 194 Å². The molecule has 0 saturated carbocycles. The van der Waals surface area contributed by atoms with Crippen LogP contribution in [0.5, 0.6) is 5.75 Å². The number of hydrogen-bond donors (Lipinski definition) is 3. The molecule has 0 aliphatic carbocycles. The monoisotopic (exact) mass is 450 g/mol. The summed E-state index contributed by atoms with van der Waals surface area (Å²) in [5, 5.41) is 11.5. The molecule has 2 aliphatic rings. The first-order chi connectivity index (χ1) is 16.1. The Bertz CT molecular complexity index is 1110. The number of nitrogen functional groups attached to an aromatic ring is 1. The van der Waals surface area contributed by atoms with E-state index in [2.05, 4.69) is 55.7 Å². The van der Waals surface area contributed by atoms with Gasteiger partial charge in [0.2, 0.25) is 5.95 Å². The van der Waals surface area contributed by atoms with Crippen LogP contribution in [0.25, 0.3) is 11.0 Å². The van der Waals surface area contributed by atoms with Gasteiger partial charge in [0.15, 0.2) is 5.82 Å². The van der Waals surface area contributed by atoms with Gasteiger partial charge in [-0.25, -0.2) is 4.98 Å². The molecule has 176 valence electrons. The number of aromatic nitrogens is 4. The Morgan fingerprint density at radius 2 is 2.12 bits per heavy atom. The molecule has 1 spiro atoms. The average Bonchev–Trinajstić information content (AvgIpc) is 3.42. The lowest BCUT2D eigenvalue weighted by molar-refractivity contribution is 0.0103. The first kappa shape index (κ1) is 21.9. The van der Waals surface area contributed by atoms with Crippen molar-refractivity contribution < 1.29 is 4.74 Å². The minimum Gasteiger partial charge on any atom is -0.496 e. The summed E-state index contributed by atoms with van der Waals surface area (Å²) < 4.78 is 7.69. The fourth-order valence-corrected chi connectivity index (χ4v) is 5.16. The third-order valence-corrected chi connectivity index (χ3v) is 6.86. The molecule has 2 fully saturated rings. The second kappa shape index (κ2) is 9.15. The summed E-state index contributed by atoms with van der Waals surface area (Å²) in [5.74, 6) is 1.86. The van der Waals surface area contributed by atoms with Crippen molar-refractivity contribution >= 4 is 22.8 Å². The lowest BCUT2D eigenvalue weighted by Gasteiger charge is -2.48. The van der Waals surface area contributed by atoms with Gasteiger partial charge in [0.05, 0.1) is 19.9 Å². The Hall–Kier alpha value is -2.91. The number of rotatable bonds is 9. The van der Waals surface area contributed by atoms with E-state index in [-0.39, 0.29) is 5.95 Å². The van der Waals surface area contributed by atoms with Crippen molar-refractivity contribution in [1.82, 2.24) is 30.0 Å². The molecule has 0 atom stereocenters. The van der Waals surface area contributed by atoms with E-state index < -0.39 is 0 Å². The summed E-state index contributed by atoms with van der Waals surface area (Å²) in [6, 6.07) is 6.51. The number of benzene rings is 1. The Morgan fingerprint density at radius 3 is 2.88 bits per heavy atom. The molecule has 2 aromatic heterocycles. The highest BCUT2D eigenvalue weighted by molar-refractivity contribution is 5.86. The third kappa shape index (κ3) is 4.47. The van der Waals surface area contributed by atoms with E-state index in [0.29, 0.717) is 12.0 Å². The van der Waals surface area contributed by atoms with E-state index in [1.807, 2.05) is 4.68 Å². The molecule has 1 aromatic carbocycles. The van der Waals surface area contributed by atoms with Gasteiger partial charge in [-0.05, 0) is 31.0 Å². The maximum atomic E-state index is 5.92. The summed E-state index contributed by atoms with van der Waals surface area (Å²) in [4.78, 5) is 11.3. The minimum atomic E-state index is 0.254. The van der Waals surface area contributed by atoms with E-state index in [4.69, 9.17) is 10.5 Å². The van der Waals surface area contributed by atoms with Gasteiger partial charge in [-0.1, -0.05) is 25.5 Å². The zero-order chi connectivity index (χ0) is 22.8. The topological polar surface area (TPSA) is 106 Å². The van der Waals surface area contributed by atoms with Gasteiger partial charge >= 0.3 is 0 Å². The molecule has 9 heteroatoms. The number of methoxy groups -OCH3 is 1. The third-order valence-electron chi connectivity index (χ3n) is 6.86. The second-order valence-corrected chi connectivity index (χ2v) is 9.46. The fraction of sp³-hybridized carbons (Fsp3) is 0.542. The first-order valence-electron chi connectivity index (χ1n) is 11.9. The quantitative estimate of drug-likeness (QED) is 0.427. The average molecular weight is 451 g/mol. The van der Waals surface area contributed by atoms with E-state index in [1.54, 1.807) is 13.3 Å². The summed E-state index contributed by atoms with van der Waals surface area (Å²) >= 11 is 0. The molecule has 4 heterocycles. The number of hydrogen-bond acceptors (Lipinski definition) is 8. The highest BCUT2D eigenvalue weighted by atomic mass is 16.5. The van der Waals surface area contributed by atoms with E-state index >= 15 is 0 Å². The number of unbranched alkanes of at least 4 members (excludes halogenated alkanes) is 1. The van der Waals surface area contributed by atoms with Gasteiger partial charge < -0.3 is 21.1 Å². The highest BCUT2D eigenvalue weighted by Crippen LogP contribution is 2.37. The lowest BCUT2D eigenvalue weighted by atomic mass is 9.79. The van der Waals surface area contributed by atoms with Crippen molar-refractivity contribution in [2.75, 3.05) is 50.9 Å². The molecule has 9 nitrogen and oxygen atoms in total. The number of anilines is 2. The van der Waals surface area contributed by atoms with Crippen LogP contribution in [0.2, 0.25) is 0 Å². The van der Waals surface area contributed by atoms with Crippen molar-refractivity contribution in [1.29, 1.82) is 0 Å². The number of nitrogens with zero attached hydrogens (tertiary/aromatic N) is 5.